The minimum absolute atomic E-state index is 0.463. The maximum Gasteiger partial charge on any atom is 0.336 e. The summed E-state index contributed by atoms with van der Waals surface area (Å²) >= 11 is 0. The van der Waals surface area contributed by atoms with Gasteiger partial charge in [-0.15, -0.1) is 0 Å². The summed E-state index contributed by atoms with van der Waals surface area (Å²) in [6, 6.07) is 19.9. The number of benzene rings is 2. The molecule has 33 heavy (non-hydrogen) atoms. The number of rotatable bonds is 6. The van der Waals surface area contributed by atoms with Crippen molar-refractivity contribution in [1.29, 1.82) is 0 Å². The van der Waals surface area contributed by atoms with Gasteiger partial charge < -0.3 is 25.3 Å². The van der Waals surface area contributed by atoms with Crippen LogP contribution in [-0.4, -0.2) is 69.0 Å². The SMILES string of the molecule is CN1CCC2=C(C1)C(c1ccccc1)c1ccccc12.O=C(O)CC(O)(CC(=O)O)C(=O)O. The zero-order valence-electron chi connectivity index (χ0n) is 18.3. The maximum absolute atomic E-state index is 10.3. The van der Waals surface area contributed by atoms with Gasteiger partial charge in [-0.3, -0.25) is 9.59 Å². The molecule has 0 fully saturated rings. The lowest BCUT2D eigenvalue weighted by atomic mass is 9.87. The highest BCUT2D eigenvalue weighted by atomic mass is 16.4. The molecule has 0 amide bonds. The quantitative estimate of drug-likeness (QED) is 0.524. The van der Waals surface area contributed by atoms with Crippen LogP contribution in [0.2, 0.25) is 0 Å². The molecule has 174 valence electrons. The molecule has 1 heterocycles. The van der Waals surface area contributed by atoms with Gasteiger partial charge in [-0.25, -0.2) is 4.79 Å². The minimum atomic E-state index is -2.74. The van der Waals surface area contributed by atoms with Crippen molar-refractivity contribution < 1.29 is 34.8 Å². The van der Waals surface area contributed by atoms with Crippen molar-refractivity contribution in [3.05, 3.63) is 76.9 Å². The summed E-state index contributed by atoms with van der Waals surface area (Å²) in [6.45, 7) is 2.28. The van der Waals surface area contributed by atoms with Crippen LogP contribution in [0, 0.1) is 0 Å². The van der Waals surface area contributed by atoms with Crippen molar-refractivity contribution in [3.63, 3.8) is 0 Å². The van der Waals surface area contributed by atoms with Crippen LogP contribution in [0.1, 0.15) is 41.9 Å². The Hall–Kier alpha value is -3.49. The normalized spacial score (nSPS) is 17.5. The number of carbonyl (C=O) groups is 3. The molecule has 0 radical (unpaired) electrons. The third-order valence-electron chi connectivity index (χ3n) is 5.94. The van der Waals surface area contributed by atoms with E-state index in [0.717, 1.165) is 6.54 Å². The lowest BCUT2D eigenvalue weighted by Gasteiger charge is -2.27. The molecule has 1 atom stereocenters. The molecule has 4 N–H and O–H groups in total. The van der Waals surface area contributed by atoms with E-state index in [4.69, 9.17) is 20.4 Å². The van der Waals surface area contributed by atoms with E-state index < -0.39 is 36.4 Å². The first kappa shape index (κ1) is 24.2. The van der Waals surface area contributed by atoms with Crippen molar-refractivity contribution in [3.8, 4) is 0 Å². The first-order chi connectivity index (χ1) is 15.6. The van der Waals surface area contributed by atoms with Gasteiger partial charge in [0.2, 0.25) is 0 Å². The third-order valence-corrected chi connectivity index (χ3v) is 5.94. The minimum Gasteiger partial charge on any atom is -0.481 e. The van der Waals surface area contributed by atoms with Crippen LogP contribution < -0.4 is 0 Å². The number of likely N-dealkylation sites (N-methyl/N-ethyl adjacent to an activating group) is 1. The smallest absolute Gasteiger partial charge is 0.336 e. The number of carboxylic acid groups (broad SMARTS) is 3. The molecule has 0 spiro atoms. The monoisotopic (exact) mass is 453 g/mol. The summed E-state index contributed by atoms with van der Waals surface area (Å²) in [5, 5.41) is 33.8. The lowest BCUT2D eigenvalue weighted by molar-refractivity contribution is -0.170. The fourth-order valence-corrected chi connectivity index (χ4v) is 4.45. The molecule has 1 aliphatic heterocycles. The summed E-state index contributed by atoms with van der Waals surface area (Å²) in [5.74, 6) is -4.56. The summed E-state index contributed by atoms with van der Waals surface area (Å²) in [7, 11) is 2.23. The van der Waals surface area contributed by atoms with Crippen LogP contribution in [0.5, 0.6) is 0 Å². The molecule has 2 aromatic carbocycles. The highest BCUT2D eigenvalue weighted by molar-refractivity contribution is 5.88. The second kappa shape index (κ2) is 9.97. The predicted octanol–water partition coefficient (Wildman–Crippen LogP) is 2.67. The average molecular weight is 453 g/mol. The first-order valence-electron chi connectivity index (χ1n) is 10.6. The molecule has 0 saturated carbocycles. The topological polar surface area (TPSA) is 135 Å². The van der Waals surface area contributed by atoms with E-state index in [-0.39, 0.29) is 0 Å². The van der Waals surface area contributed by atoms with E-state index >= 15 is 0 Å². The van der Waals surface area contributed by atoms with Crippen LogP contribution in [-0.2, 0) is 14.4 Å². The second-order valence-electron chi connectivity index (χ2n) is 8.40. The van der Waals surface area contributed by atoms with Crippen molar-refractivity contribution in [2.75, 3.05) is 20.1 Å². The molecule has 0 aromatic heterocycles. The molecule has 2 aromatic rings. The molecule has 1 aliphatic carbocycles. The van der Waals surface area contributed by atoms with Gasteiger partial charge in [0, 0.05) is 19.0 Å². The van der Waals surface area contributed by atoms with Gasteiger partial charge in [-0.2, -0.15) is 0 Å². The Kier molecular flexibility index (Phi) is 7.30. The maximum atomic E-state index is 10.3. The predicted molar refractivity (Wildman–Crippen MR) is 121 cm³/mol. The molecule has 1 unspecified atom stereocenters. The highest BCUT2D eigenvalue weighted by Crippen LogP contribution is 2.48. The van der Waals surface area contributed by atoms with Gasteiger partial charge in [-0.05, 0) is 41.3 Å². The van der Waals surface area contributed by atoms with Crippen molar-refractivity contribution in [1.82, 2.24) is 4.90 Å². The van der Waals surface area contributed by atoms with Crippen LogP contribution in [0.25, 0.3) is 5.57 Å². The number of aliphatic hydroxyl groups is 1. The number of nitrogens with zero attached hydrogens (tertiary/aromatic N) is 1. The van der Waals surface area contributed by atoms with E-state index in [2.05, 4.69) is 66.5 Å². The molecule has 8 heteroatoms. The Balaban J connectivity index is 0.000000207. The van der Waals surface area contributed by atoms with Gasteiger partial charge in [0.15, 0.2) is 5.60 Å². The van der Waals surface area contributed by atoms with Gasteiger partial charge >= 0.3 is 17.9 Å². The van der Waals surface area contributed by atoms with Gasteiger partial charge in [0.05, 0.1) is 12.8 Å². The fourth-order valence-electron chi connectivity index (χ4n) is 4.45. The van der Waals surface area contributed by atoms with Crippen LogP contribution in [0.3, 0.4) is 0 Å². The molecular formula is C25H27NO7. The molecular weight excluding hydrogens is 426 g/mol. The van der Waals surface area contributed by atoms with E-state index in [9.17, 15) is 14.4 Å². The number of fused-ring (bicyclic) bond motifs is 2. The van der Waals surface area contributed by atoms with E-state index in [1.165, 1.54) is 29.7 Å². The Morgan fingerprint density at radius 2 is 1.52 bits per heavy atom. The Morgan fingerprint density at radius 1 is 0.939 bits per heavy atom. The van der Waals surface area contributed by atoms with Crippen molar-refractivity contribution in [2.24, 2.45) is 0 Å². The van der Waals surface area contributed by atoms with Gasteiger partial charge in [-0.1, -0.05) is 54.6 Å². The number of carboxylic acids is 3. The molecule has 8 nitrogen and oxygen atoms in total. The number of hydrogen-bond acceptors (Lipinski definition) is 5. The largest absolute Gasteiger partial charge is 0.481 e. The fraction of sp³-hybridized carbons (Fsp3) is 0.320. The first-order valence-corrected chi connectivity index (χ1v) is 10.6. The van der Waals surface area contributed by atoms with Gasteiger partial charge in [0.1, 0.15) is 0 Å². The van der Waals surface area contributed by atoms with Gasteiger partial charge in [0.25, 0.3) is 0 Å². The average Bonchev–Trinajstić information content (AvgIpc) is 3.07. The molecule has 2 aliphatic rings. The standard InChI is InChI=1S/C19H19N.C6H8O7/c1-20-12-11-16-15-9-5-6-10-17(15)19(18(16)13-20)14-7-3-2-4-8-14;7-3(8)1-6(13,5(11)12)2-4(9)10/h2-10,19H,11-13H2,1H3;13H,1-2H2,(H,7,8)(H,9,10)(H,11,12). The Morgan fingerprint density at radius 3 is 2.09 bits per heavy atom. The zero-order chi connectivity index (χ0) is 24.2. The Labute approximate surface area is 191 Å². The second-order valence-corrected chi connectivity index (χ2v) is 8.40. The lowest BCUT2D eigenvalue weighted by Crippen LogP contribution is -2.42. The van der Waals surface area contributed by atoms with Crippen LogP contribution >= 0.6 is 0 Å². The molecule has 0 bridgehead atoms. The molecule has 4 rings (SSSR count). The van der Waals surface area contributed by atoms with Crippen LogP contribution in [0.15, 0.2) is 60.2 Å². The van der Waals surface area contributed by atoms with E-state index in [1.54, 1.807) is 11.1 Å². The van der Waals surface area contributed by atoms with E-state index in [0.29, 0.717) is 5.92 Å². The summed E-state index contributed by atoms with van der Waals surface area (Å²) < 4.78 is 0. The zero-order valence-corrected chi connectivity index (χ0v) is 18.3. The number of hydrogen-bond donors (Lipinski definition) is 4. The van der Waals surface area contributed by atoms with Crippen LogP contribution in [0.4, 0.5) is 0 Å². The summed E-state index contributed by atoms with van der Waals surface area (Å²) in [5.41, 5.74) is 4.90. The number of aliphatic carboxylic acids is 3. The van der Waals surface area contributed by atoms with Crippen molar-refractivity contribution >= 4 is 23.5 Å². The highest BCUT2D eigenvalue weighted by Gasteiger charge is 2.40. The van der Waals surface area contributed by atoms with E-state index in [1.807, 2.05) is 0 Å². The summed E-state index contributed by atoms with van der Waals surface area (Å²) in [6.07, 6.45) is -1.10. The molecule has 0 saturated heterocycles. The Bertz CT molecular complexity index is 1060. The third kappa shape index (κ3) is 5.47. The summed E-state index contributed by atoms with van der Waals surface area (Å²) in [4.78, 5) is 32.9. The van der Waals surface area contributed by atoms with Crippen molar-refractivity contribution in [2.45, 2.75) is 30.8 Å².